The van der Waals surface area contributed by atoms with Crippen LogP contribution in [0, 0.1) is 34.9 Å². The minimum atomic E-state index is -2.26. The van der Waals surface area contributed by atoms with Gasteiger partial charge in [-0.3, -0.25) is 0 Å². The number of nitrogen functional groups attached to an aromatic ring is 1. The molecular weight excluding hydrogens is 272 g/mol. The minimum Gasteiger partial charge on any atom is -0.398 e. The van der Waals surface area contributed by atoms with E-state index in [9.17, 15) is 26.3 Å². The van der Waals surface area contributed by atoms with Crippen molar-refractivity contribution in [2.45, 2.75) is 0 Å². The van der Waals surface area contributed by atoms with Gasteiger partial charge in [-0.2, -0.15) is 0 Å². The van der Waals surface area contributed by atoms with Crippen LogP contribution < -0.4 is 5.73 Å². The average Bonchev–Trinajstić information content (AvgIpc) is 2.37. The highest BCUT2D eigenvalue weighted by molar-refractivity contribution is 5.77. The van der Waals surface area contributed by atoms with E-state index >= 15 is 0 Å². The minimum absolute atomic E-state index is 0.441. The van der Waals surface area contributed by atoms with Gasteiger partial charge >= 0.3 is 0 Å². The number of nitrogens with two attached hydrogens (primary N) is 1. The van der Waals surface area contributed by atoms with Crippen molar-refractivity contribution in [1.29, 1.82) is 0 Å². The molecule has 1 nitrogen and oxygen atoms in total. The molecule has 7 heteroatoms. The Hall–Kier alpha value is -2.18. The van der Waals surface area contributed by atoms with E-state index in [1.165, 1.54) is 0 Å². The van der Waals surface area contributed by atoms with Crippen molar-refractivity contribution in [1.82, 2.24) is 0 Å². The highest BCUT2D eigenvalue weighted by atomic mass is 19.2. The van der Waals surface area contributed by atoms with Gasteiger partial charge in [0.05, 0.1) is 5.56 Å². The molecule has 2 aromatic rings. The van der Waals surface area contributed by atoms with Gasteiger partial charge in [0.15, 0.2) is 23.3 Å². The summed E-state index contributed by atoms with van der Waals surface area (Å²) >= 11 is 0. The Balaban J connectivity index is 2.83. The summed E-state index contributed by atoms with van der Waals surface area (Å²) in [6.45, 7) is 0. The zero-order valence-corrected chi connectivity index (χ0v) is 9.08. The molecule has 100 valence electrons. The predicted molar refractivity (Wildman–Crippen MR) is 56.0 cm³/mol. The Morgan fingerprint density at radius 3 is 1.63 bits per heavy atom. The molecule has 0 aromatic heterocycles. The van der Waals surface area contributed by atoms with Crippen LogP contribution in [0.1, 0.15) is 0 Å². The second-order valence-corrected chi connectivity index (χ2v) is 3.68. The molecule has 0 bridgehead atoms. The van der Waals surface area contributed by atoms with Crippen molar-refractivity contribution in [3.63, 3.8) is 0 Å². The quantitative estimate of drug-likeness (QED) is 0.365. The molecule has 0 amide bonds. The van der Waals surface area contributed by atoms with E-state index in [4.69, 9.17) is 5.73 Å². The van der Waals surface area contributed by atoms with Gasteiger partial charge in [0.2, 0.25) is 5.82 Å². The van der Waals surface area contributed by atoms with E-state index in [0.29, 0.717) is 6.07 Å². The first kappa shape index (κ1) is 13.3. The number of benzene rings is 2. The van der Waals surface area contributed by atoms with Crippen molar-refractivity contribution in [3.05, 3.63) is 53.1 Å². The predicted octanol–water partition coefficient (Wildman–Crippen LogP) is 3.77. The van der Waals surface area contributed by atoms with Gasteiger partial charge in [-0.25, -0.2) is 26.3 Å². The van der Waals surface area contributed by atoms with E-state index in [0.717, 1.165) is 12.1 Å². The molecule has 19 heavy (non-hydrogen) atoms. The van der Waals surface area contributed by atoms with Crippen LogP contribution in [0.25, 0.3) is 11.1 Å². The van der Waals surface area contributed by atoms with Crippen molar-refractivity contribution in [2.24, 2.45) is 0 Å². The lowest BCUT2D eigenvalue weighted by Crippen LogP contribution is -2.05. The largest absolute Gasteiger partial charge is 0.398 e. The van der Waals surface area contributed by atoms with Crippen LogP contribution in [-0.2, 0) is 0 Å². The molecular formula is C12H5F6N. The van der Waals surface area contributed by atoms with E-state index < -0.39 is 51.7 Å². The van der Waals surface area contributed by atoms with E-state index in [2.05, 4.69) is 0 Å². The summed E-state index contributed by atoms with van der Waals surface area (Å²) in [5.41, 5.74) is 3.21. The normalized spacial score (nSPS) is 10.8. The Labute approximate surface area is 103 Å². The van der Waals surface area contributed by atoms with Gasteiger partial charge in [0.25, 0.3) is 0 Å². The third kappa shape index (κ3) is 2.00. The lowest BCUT2D eigenvalue weighted by Gasteiger charge is -2.10. The SMILES string of the molecule is Nc1cc(F)ccc1-c1c(F)c(F)c(F)c(F)c1F. The molecule has 2 rings (SSSR count). The molecule has 0 saturated heterocycles. The highest BCUT2D eigenvalue weighted by Gasteiger charge is 2.27. The fourth-order valence-electron chi connectivity index (χ4n) is 1.60. The van der Waals surface area contributed by atoms with Crippen LogP contribution >= 0.6 is 0 Å². The molecule has 0 saturated carbocycles. The smallest absolute Gasteiger partial charge is 0.200 e. The van der Waals surface area contributed by atoms with E-state index in [-0.39, 0.29) is 0 Å². The summed E-state index contributed by atoms with van der Waals surface area (Å²) in [6.07, 6.45) is 0. The number of rotatable bonds is 1. The second kappa shape index (κ2) is 4.49. The molecule has 0 spiro atoms. The van der Waals surface area contributed by atoms with Crippen LogP contribution in [0.15, 0.2) is 18.2 Å². The molecule has 0 atom stereocenters. The fourth-order valence-corrected chi connectivity index (χ4v) is 1.60. The second-order valence-electron chi connectivity index (χ2n) is 3.68. The first-order valence-corrected chi connectivity index (χ1v) is 4.91. The van der Waals surface area contributed by atoms with Crippen LogP contribution in [0.2, 0.25) is 0 Å². The number of hydrogen-bond acceptors (Lipinski definition) is 1. The van der Waals surface area contributed by atoms with E-state index in [1.54, 1.807) is 0 Å². The molecule has 0 aliphatic rings. The molecule has 2 aromatic carbocycles. The first-order chi connectivity index (χ1) is 8.84. The van der Waals surface area contributed by atoms with Crippen LogP contribution in [-0.4, -0.2) is 0 Å². The first-order valence-electron chi connectivity index (χ1n) is 4.91. The molecule has 2 N–H and O–H groups in total. The Kier molecular flexibility index (Phi) is 3.13. The molecule has 0 unspecified atom stereocenters. The Morgan fingerprint density at radius 2 is 1.16 bits per heavy atom. The van der Waals surface area contributed by atoms with Gasteiger partial charge in [-0.1, -0.05) is 0 Å². The highest BCUT2D eigenvalue weighted by Crippen LogP contribution is 2.34. The number of halogens is 6. The van der Waals surface area contributed by atoms with Crippen LogP contribution in [0.4, 0.5) is 32.0 Å². The number of anilines is 1. The zero-order chi connectivity index (χ0) is 14.3. The van der Waals surface area contributed by atoms with Gasteiger partial charge < -0.3 is 5.73 Å². The molecule has 0 heterocycles. The maximum atomic E-state index is 13.5. The molecule has 0 radical (unpaired) electrons. The molecule has 0 aliphatic heterocycles. The molecule has 0 aliphatic carbocycles. The summed E-state index contributed by atoms with van der Waals surface area (Å²) in [4.78, 5) is 0. The monoisotopic (exact) mass is 277 g/mol. The van der Waals surface area contributed by atoms with Gasteiger partial charge in [-0.05, 0) is 18.2 Å². The number of hydrogen-bond donors (Lipinski definition) is 1. The topological polar surface area (TPSA) is 26.0 Å². The lowest BCUT2D eigenvalue weighted by atomic mass is 10.0. The summed E-state index contributed by atoms with van der Waals surface area (Å²) in [6, 6.07) is 2.35. The summed E-state index contributed by atoms with van der Waals surface area (Å²) < 4.78 is 78.7. The maximum Gasteiger partial charge on any atom is 0.200 e. The third-order valence-corrected chi connectivity index (χ3v) is 2.49. The Morgan fingerprint density at radius 1 is 0.684 bits per heavy atom. The van der Waals surface area contributed by atoms with E-state index in [1.807, 2.05) is 0 Å². The van der Waals surface area contributed by atoms with Crippen molar-refractivity contribution in [2.75, 3.05) is 5.73 Å². The zero-order valence-electron chi connectivity index (χ0n) is 9.08. The lowest BCUT2D eigenvalue weighted by molar-refractivity contribution is 0.381. The van der Waals surface area contributed by atoms with Crippen molar-refractivity contribution >= 4 is 5.69 Å². The summed E-state index contributed by atoms with van der Waals surface area (Å²) in [5, 5.41) is 0. The summed E-state index contributed by atoms with van der Waals surface area (Å²) in [7, 11) is 0. The molecule has 0 fully saturated rings. The standard InChI is InChI=1S/C12H5F6N/c13-4-1-2-5(6(19)3-4)7-8(14)10(16)12(18)11(17)9(7)15/h1-3H,19H2. The maximum absolute atomic E-state index is 13.5. The summed E-state index contributed by atoms with van der Waals surface area (Å²) in [5.74, 6) is -11.3. The average molecular weight is 277 g/mol. The van der Waals surface area contributed by atoms with Gasteiger partial charge in [0, 0.05) is 11.3 Å². The van der Waals surface area contributed by atoms with Crippen molar-refractivity contribution in [3.8, 4) is 11.1 Å². The van der Waals surface area contributed by atoms with Gasteiger partial charge in [-0.15, -0.1) is 0 Å². The van der Waals surface area contributed by atoms with Gasteiger partial charge in [0.1, 0.15) is 5.82 Å². The van der Waals surface area contributed by atoms with Crippen molar-refractivity contribution < 1.29 is 26.3 Å². The third-order valence-electron chi connectivity index (χ3n) is 2.49. The Bertz CT molecular complexity index is 639. The fraction of sp³-hybridized carbons (Fsp3) is 0. The van der Waals surface area contributed by atoms with Crippen LogP contribution in [0.5, 0.6) is 0 Å². The van der Waals surface area contributed by atoms with Crippen LogP contribution in [0.3, 0.4) is 0 Å².